The number of amides is 1. The third-order valence-corrected chi connectivity index (χ3v) is 5.93. The van der Waals surface area contributed by atoms with Gasteiger partial charge in [-0.2, -0.15) is 0 Å². The smallest absolute Gasteiger partial charge is 0.325 e. The molecule has 1 aromatic carbocycles. The number of nitrogens with zero attached hydrogens (tertiary/aromatic N) is 4. The molecule has 0 radical (unpaired) electrons. The molecule has 0 spiro atoms. The second-order valence-corrected chi connectivity index (χ2v) is 7.91. The highest BCUT2D eigenvalue weighted by atomic mass is 35.5. The van der Waals surface area contributed by atoms with E-state index in [1.807, 2.05) is 6.07 Å². The lowest BCUT2D eigenvalue weighted by Gasteiger charge is -2.34. The van der Waals surface area contributed by atoms with E-state index in [9.17, 15) is 9.59 Å². The van der Waals surface area contributed by atoms with Crippen LogP contribution in [-0.2, 0) is 11.3 Å². The van der Waals surface area contributed by atoms with Crippen molar-refractivity contribution >= 4 is 40.4 Å². The molecule has 1 saturated heterocycles. The zero-order valence-electron chi connectivity index (χ0n) is 15.7. The molecule has 1 aliphatic heterocycles. The minimum Gasteiger partial charge on any atom is -0.325 e. The molecule has 1 amide bonds. The van der Waals surface area contributed by atoms with Crippen molar-refractivity contribution in [1.29, 1.82) is 0 Å². The van der Waals surface area contributed by atoms with E-state index in [1.54, 1.807) is 36.5 Å². The van der Waals surface area contributed by atoms with Crippen LogP contribution >= 0.6 is 23.2 Å². The highest BCUT2D eigenvalue weighted by Gasteiger charge is 2.28. The lowest BCUT2D eigenvalue weighted by molar-refractivity contribution is -0.122. The summed E-state index contributed by atoms with van der Waals surface area (Å²) < 4.78 is 2.97. The van der Waals surface area contributed by atoms with E-state index >= 15 is 0 Å². The number of hydrogen-bond donors (Lipinski definition) is 1. The van der Waals surface area contributed by atoms with E-state index in [4.69, 9.17) is 23.2 Å². The van der Waals surface area contributed by atoms with Crippen molar-refractivity contribution in [2.24, 2.45) is 0 Å². The Hall–Kier alpha value is -2.35. The summed E-state index contributed by atoms with van der Waals surface area (Å²) in [6, 6.07) is 10.2. The van der Waals surface area contributed by atoms with Crippen molar-refractivity contribution in [1.82, 2.24) is 19.1 Å². The first-order valence-corrected chi connectivity index (χ1v) is 10.3. The number of fused-ring (bicyclic) bond motifs is 1. The fourth-order valence-electron chi connectivity index (χ4n) is 3.69. The van der Waals surface area contributed by atoms with Gasteiger partial charge >= 0.3 is 5.69 Å². The third kappa shape index (κ3) is 4.32. The first-order valence-electron chi connectivity index (χ1n) is 9.57. The van der Waals surface area contributed by atoms with Crippen molar-refractivity contribution in [3.05, 3.63) is 63.1 Å². The minimum atomic E-state index is -0.258. The summed E-state index contributed by atoms with van der Waals surface area (Å²) in [5.74, 6) is -0.0783. The quantitative estimate of drug-likeness (QED) is 0.669. The average molecular weight is 434 g/mol. The second-order valence-electron chi connectivity index (χ2n) is 7.10. The molecule has 1 unspecified atom stereocenters. The number of nitrogens with one attached hydrogen (secondary N) is 1. The van der Waals surface area contributed by atoms with Crippen LogP contribution in [0.1, 0.15) is 19.3 Å². The molecule has 3 aromatic rings. The third-order valence-electron chi connectivity index (χ3n) is 5.19. The van der Waals surface area contributed by atoms with Crippen LogP contribution in [0.2, 0.25) is 10.0 Å². The first kappa shape index (κ1) is 19.9. The number of pyridine rings is 1. The number of carbonyl (C=O) groups is 1. The zero-order chi connectivity index (χ0) is 20.4. The Kier molecular flexibility index (Phi) is 5.89. The van der Waals surface area contributed by atoms with Gasteiger partial charge in [-0.05, 0) is 49.7 Å². The van der Waals surface area contributed by atoms with Crippen LogP contribution in [0.25, 0.3) is 5.65 Å². The fourth-order valence-corrected chi connectivity index (χ4v) is 3.99. The Morgan fingerprint density at radius 2 is 2.00 bits per heavy atom. The second kappa shape index (κ2) is 8.57. The number of piperidine rings is 1. The highest BCUT2D eigenvalue weighted by Crippen LogP contribution is 2.26. The Balaban J connectivity index is 1.45. The summed E-state index contributed by atoms with van der Waals surface area (Å²) in [4.78, 5) is 27.5. The first-order chi connectivity index (χ1) is 14.0. The van der Waals surface area contributed by atoms with Gasteiger partial charge in [-0.25, -0.2) is 9.48 Å². The molecule has 3 heterocycles. The van der Waals surface area contributed by atoms with Crippen LogP contribution in [-0.4, -0.2) is 44.1 Å². The zero-order valence-corrected chi connectivity index (χ0v) is 17.2. The maximum absolute atomic E-state index is 12.9. The van der Waals surface area contributed by atoms with Crippen LogP contribution in [0.15, 0.2) is 47.4 Å². The molecule has 0 aliphatic carbocycles. The summed E-state index contributed by atoms with van der Waals surface area (Å²) in [6.07, 6.45) is 4.49. The summed E-state index contributed by atoms with van der Waals surface area (Å²) in [5.41, 5.74) is 1.06. The molecule has 7 nitrogen and oxygen atoms in total. The van der Waals surface area contributed by atoms with Gasteiger partial charge in [-0.1, -0.05) is 35.7 Å². The van der Waals surface area contributed by atoms with E-state index in [2.05, 4.69) is 15.3 Å². The molecule has 1 N–H and O–H groups in total. The molecular weight excluding hydrogens is 413 g/mol. The van der Waals surface area contributed by atoms with Crippen molar-refractivity contribution < 1.29 is 4.79 Å². The minimum absolute atomic E-state index is 0.0783. The van der Waals surface area contributed by atoms with Gasteiger partial charge in [0.15, 0.2) is 5.65 Å². The van der Waals surface area contributed by atoms with Crippen LogP contribution in [0.4, 0.5) is 5.69 Å². The summed E-state index contributed by atoms with van der Waals surface area (Å²) in [5, 5.41) is 8.14. The maximum atomic E-state index is 12.9. The Bertz CT molecular complexity index is 1090. The molecule has 152 valence electrons. The van der Waals surface area contributed by atoms with Gasteiger partial charge in [0.05, 0.1) is 22.6 Å². The van der Waals surface area contributed by atoms with E-state index in [0.717, 1.165) is 25.8 Å². The van der Waals surface area contributed by atoms with Gasteiger partial charge in [0.1, 0.15) is 0 Å². The Labute approximate surface area is 177 Å². The summed E-state index contributed by atoms with van der Waals surface area (Å²) in [6.45, 7) is 1.81. The van der Waals surface area contributed by atoms with Gasteiger partial charge in [0, 0.05) is 18.4 Å². The van der Waals surface area contributed by atoms with Gasteiger partial charge in [-0.3, -0.25) is 14.1 Å². The number of halogens is 2. The average Bonchev–Trinajstić information content (AvgIpc) is 3.05. The monoisotopic (exact) mass is 433 g/mol. The van der Waals surface area contributed by atoms with Crippen molar-refractivity contribution in [2.45, 2.75) is 31.8 Å². The number of anilines is 1. The van der Waals surface area contributed by atoms with E-state index in [-0.39, 0.29) is 17.6 Å². The van der Waals surface area contributed by atoms with Crippen molar-refractivity contribution in [2.75, 3.05) is 18.4 Å². The van der Waals surface area contributed by atoms with Crippen LogP contribution < -0.4 is 11.0 Å². The number of carbonyl (C=O) groups excluding carboxylic acids is 1. The predicted octanol–water partition coefficient (Wildman–Crippen LogP) is 3.30. The largest absolute Gasteiger partial charge is 0.350 e. The van der Waals surface area contributed by atoms with Crippen molar-refractivity contribution in [3.63, 3.8) is 0 Å². The molecule has 0 bridgehead atoms. The molecule has 29 heavy (non-hydrogen) atoms. The number of rotatable bonds is 5. The number of likely N-dealkylation sites (tertiary alicyclic amines) is 1. The normalized spacial score (nSPS) is 17.5. The number of benzene rings is 1. The molecule has 1 aliphatic rings. The van der Waals surface area contributed by atoms with Crippen molar-refractivity contribution in [3.8, 4) is 0 Å². The standard InChI is InChI=1S/C20H21Cl2N5O2/c21-15-8-7-14(13-16(15)22)23-19(28)17-5-1-3-9-25(17)11-12-27-20(29)26-10-4-2-6-18(26)24-27/h2,4,6-8,10,13,17H,1,3,5,9,11-12H2,(H,23,28). The predicted molar refractivity (Wildman–Crippen MR) is 114 cm³/mol. The van der Waals surface area contributed by atoms with E-state index in [0.29, 0.717) is 34.5 Å². The lowest BCUT2D eigenvalue weighted by atomic mass is 10.0. The Morgan fingerprint density at radius 1 is 1.14 bits per heavy atom. The number of hydrogen-bond acceptors (Lipinski definition) is 4. The van der Waals surface area contributed by atoms with Crippen LogP contribution in [0.5, 0.6) is 0 Å². The van der Waals surface area contributed by atoms with Gasteiger partial charge < -0.3 is 5.32 Å². The SMILES string of the molecule is O=C(Nc1ccc(Cl)c(Cl)c1)C1CCCCN1CCn1nc2ccccn2c1=O. The molecule has 0 saturated carbocycles. The van der Waals surface area contributed by atoms with Gasteiger partial charge in [0.25, 0.3) is 0 Å². The molecular formula is C20H21Cl2N5O2. The van der Waals surface area contributed by atoms with E-state index < -0.39 is 0 Å². The molecule has 2 aromatic heterocycles. The number of aromatic nitrogens is 3. The lowest BCUT2D eigenvalue weighted by Crippen LogP contribution is -2.48. The molecule has 9 heteroatoms. The molecule has 1 fully saturated rings. The summed E-state index contributed by atoms with van der Waals surface area (Å²) >= 11 is 12.0. The molecule has 1 atom stereocenters. The van der Waals surface area contributed by atoms with E-state index in [1.165, 1.54) is 9.08 Å². The van der Waals surface area contributed by atoms with Crippen LogP contribution in [0, 0.1) is 0 Å². The molecule has 4 rings (SSSR count). The van der Waals surface area contributed by atoms with Gasteiger partial charge in [-0.15, -0.1) is 5.10 Å². The van der Waals surface area contributed by atoms with Gasteiger partial charge in [0.2, 0.25) is 5.91 Å². The summed E-state index contributed by atoms with van der Waals surface area (Å²) in [7, 11) is 0. The maximum Gasteiger partial charge on any atom is 0.350 e. The van der Waals surface area contributed by atoms with Crippen LogP contribution in [0.3, 0.4) is 0 Å². The Morgan fingerprint density at radius 3 is 2.79 bits per heavy atom. The topological polar surface area (TPSA) is 71.6 Å². The highest BCUT2D eigenvalue weighted by molar-refractivity contribution is 6.42. The fraction of sp³-hybridized carbons (Fsp3) is 0.350.